The second kappa shape index (κ2) is 10.5. The molecule has 1 saturated heterocycles. The SMILES string of the molecule is CC(C)C(NC(=O)CCC1CCCC1)C(=O)N1CCC(c2ccc(Cl)cc2)CC1. The minimum atomic E-state index is -0.418. The molecule has 0 spiro atoms. The minimum absolute atomic E-state index is 0.0278. The van der Waals surface area contributed by atoms with Gasteiger partial charge in [-0.15, -0.1) is 0 Å². The van der Waals surface area contributed by atoms with E-state index in [0.29, 0.717) is 18.3 Å². The molecule has 1 N–H and O–H groups in total. The molecule has 2 aliphatic rings. The fourth-order valence-corrected chi connectivity index (χ4v) is 4.88. The van der Waals surface area contributed by atoms with E-state index in [2.05, 4.69) is 17.4 Å². The van der Waals surface area contributed by atoms with Crippen molar-refractivity contribution in [2.24, 2.45) is 11.8 Å². The molecule has 160 valence electrons. The highest BCUT2D eigenvalue weighted by Crippen LogP contribution is 2.30. The van der Waals surface area contributed by atoms with Crippen LogP contribution in [0.5, 0.6) is 0 Å². The molecule has 0 aromatic heterocycles. The van der Waals surface area contributed by atoms with Gasteiger partial charge in [-0.1, -0.05) is 63.3 Å². The molecule has 2 fully saturated rings. The number of hydrogen-bond acceptors (Lipinski definition) is 2. The second-order valence-electron chi connectivity index (χ2n) is 9.13. The molecule has 1 aromatic rings. The number of rotatable bonds is 7. The highest BCUT2D eigenvalue weighted by molar-refractivity contribution is 6.30. The number of hydrogen-bond donors (Lipinski definition) is 1. The van der Waals surface area contributed by atoms with Gasteiger partial charge >= 0.3 is 0 Å². The molecular formula is C24H35ClN2O2. The van der Waals surface area contributed by atoms with Crippen molar-refractivity contribution in [1.29, 1.82) is 0 Å². The first-order chi connectivity index (χ1) is 13.9. The molecule has 4 nitrogen and oxygen atoms in total. The summed E-state index contributed by atoms with van der Waals surface area (Å²) in [6.07, 6.45) is 8.50. The first-order valence-electron chi connectivity index (χ1n) is 11.3. The smallest absolute Gasteiger partial charge is 0.245 e. The van der Waals surface area contributed by atoms with Crippen molar-refractivity contribution in [1.82, 2.24) is 10.2 Å². The van der Waals surface area contributed by atoms with Crippen LogP contribution in [0.3, 0.4) is 0 Å². The van der Waals surface area contributed by atoms with Crippen LogP contribution in [0.4, 0.5) is 0 Å². The van der Waals surface area contributed by atoms with E-state index in [9.17, 15) is 9.59 Å². The van der Waals surface area contributed by atoms with E-state index in [4.69, 9.17) is 11.6 Å². The lowest BCUT2D eigenvalue weighted by atomic mass is 9.89. The summed E-state index contributed by atoms with van der Waals surface area (Å²) in [5.74, 6) is 1.35. The Kier molecular flexibility index (Phi) is 7.99. The normalized spacial score (nSPS) is 19.5. The number of amides is 2. The van der Waals surface area contributed by atoms with E-state index in [1.165, 1.54) is 31.2 Å². The molecule has 2 amide bonds. The summed E-state index contributed by atoms with van der Waals surface area (Å²) in [5.41, 5.74) is 1.29. The molecule has 0 radical (unpaired) electrons. The van der Waals surface area contributed by atoms with Gasteiger partial charge in [0.2, 0.25) is 11.8 Å². The maximum absolute atomic E-state index is 13.1. The number of piperidine rings is 1. The number of carbonyl (C=O) groups is 2. The zero-order chi connectivity index (χ0) is 20.8. The predicted octanol–water partition coefficient (Wildman–Crippen LogP) is 5.16. The number of halogens is 1. The number of nitrogens with zero attached hydrogens (tertiary/aromatic N) is 1. The summed E-state index contributed by atoms with van der Waals surface area (Å²) < 4.78 is 0. The third-order valence-electron chi connectivity index (χ3n) is 6.65. The van der Waals surface area contributed by atoms with E-state index in [-0.39, 0.29) is 17.7 Å². The summed E-state index contributed by atoms with van der Waals surface area (Å²) in [7, 11) is 0. The number of benzene rings is 1. The number of likely N-dealkylation sites (tertiary alicyclic amines) is 1. The van der Waals surface area contributed by atoms with Gasteiger partial charge < -0.3 is 10.2 Å². The van der Waals surface area contributed by atoms with Crippen LogP contribution in [0.2, 0.25) is 5.02 Å². The Morgan fingerprint density at radius 3 is 2.28 bits per heavy atom. The third kappa shape index (κ3) is 6.21. The monoisotopic (exact) mass is 418 g/mol. The molecule has 1 saturated carbocycles. The Labute approximate surface area is 180 Å². The average molecular weight is 419 g/mol. The van der Waals surface area contributed by atoms with Crippen molar-refractivity contribution in [3.05, 3.63) is 34.9 Å². The van der Waals surface area contributed by atoms with Gasteiger partial charge in [0.15, 0.2) is 0 Å². The molecular weight excluding hydrogens is 384 g/mol. The largest absolute Gasteiger partial charge is 0.344 e. The van der Waals surface area contributed by atoms with Gasteiger partial charge in [-0.25, -0.2) is 0 Å². The van der Waals surface area contributed by atoms with E-state index in [1.807, 2.05) is 30.9 Å². The second-order valence-corrected chi connectivity index (χ2v) is 9.57. The number of nitrogens with one attached hydrogen (secondary N) is 1. The lowest BCUT2D eigenvalue weighted by molar-refractivity contribution is -0.138. The van der Waals surface area contributed by atoms with E-state index >= 15 is 0 Å². The molecule has 1 heterocycles. The molecule has 1 atom stereocenters. The molecule has 1 aliphatic carbocycles. The highest BCUT2D eigenvalue weighted by Gasteiger charge is 2.31. The molecule has 29 heavy (non-hydrogen) atoms. The van der Waals surface area contributed by atoms with Crippen LogP contribution in [-0.4, -0.2) is 35.8 Å². The van der Waals surface area contributed by atoms with Crippen LogP contribution in [0.1, 0.15) is 76.7 Å². The summed E-state index contributed by atoms with van der Waals surface area (Å²) in [4.78, 5) is 27.5. The first-order valence-corrected chi connectivity index (χ1v) is 11.7. The van der Waals surface area contributed by atoms with Crippen LogP contribution >= 0.6 is 11.6 Å². The van der Waals surface area contributed by atoms with E-state index in [1.54, 1.807) is 0 Å². The van der Waals surface area contributed by atoms with Gasteiger partial charge in [-0.3, -0.25) is 9.59 Å². The van der Waals surface area contributed by atoms with Crippen LogP contribution in [0, 0.1) is 11.8 Å². The maximum Gasteiger partial charge on any atom is 0.245 e. The van der Waals surface area contributed by atoms with Gasteiger partial charge in [0.1, 0.15) is 6.04 Å². The topological polar surface area (TPSA) is 49.4 Å². The van der Waals surface area contributed by atoms with Crippen molar-refractivity contribution < 1.29 is 9.59 Å². The van der Waals surface area contributed by atoms with Crippen molar-refractivity contribution in [2.75, 3.05) is 13.1 Å². The van der Waals surface area contributed by atoms with Crippen molar-refractivity contribution in [3.63, 3.8) is 0 Å². The Balaban J connectivity index is 1.49. The lowest BCUT2D eigenvalue weighted by Crippen LogP contribution is -2.52. The van der Waals surface area contributed by atoms with Crippen LogP contribution in [0.15, 0.2) is 24.3 Å². The fraction of sp³-hybridized carbons (Fsp3) is 0.667. The van der Waals surface area contributed by atoms with Crippen molar-refractivity contribution in [3.8, 4) is 0 Å². The predicted molar refractivity (Wildman–Crippen MR) is 118 cm³/mol. The molecule has 1 unspecified atom stereocenters. The van der Waals surface area contributed by atoms with Gasteiger partial charge in [0.25, 0.3) is 0 Å². The lowest BCUT2D eigenvalue weighted by Gasteiger charge is -2.35. The average Bonchev–Trinajstić information content (AvgIpc) is 3.24. The Bertz CT molecular complexity index is 675. The van der Waals surface area contributed by atoms with Gasteiger partial charge in [0, 0.05) is 24.5 Å². The van der Waals surface area contributed by atoms with Crippen molar-refractivity contribution >= 4 is 23.4 Å². The summed E-state index contributed by atoms with van der Waals surface area (Å²) in [6.45, 7) is 5.52. The Morgan fingerprint density at radius 1 is 1.07 bits per heavy atom. The van der Waals surface area contributed by atoms with E-state index in [0.717, 1.165) is 37.4 Å². The number of carbonyl (C=O) groups excluding carboxylic acids is 2. The third-order valence-corrected chi connectivity index (χ3v) is 6.90. The Hall–Kier alpha value is -1.55. The highest BCUT2D eigenvalue weighted by atomic mass is 35.5. The Morgan fingerprint density at radius 2 is 1.69 bits per heavy atom. The minimum Gasteiger partial charge on any atom is -0.344 e. The molecule has 1 aromatic carbocycles. The maximum atomic E-state index is 13.1. The van der Waals surface area contributed by atoms with Gasteiger partial charge in [-0.2, -0.15) is 0 Å². The van der Waals surface area contributed by atoms with Crippen molar-refractivity contribution in [2.45, 2.75) is 77.2 Å². The quantitative estimate of drug-likeness (QED) is 0.665. The summed E-state index contributed by atoms with van der Waals surface area (Å²) in [5, 5.41) is 3.80. The molecule has 5 heteroatoms. The fourth-order valence-electron chi connectivity index (χ4n) is 4.76. The zero-order valence-electron chi connectivity index (χ0n) is 17.8. The molecule has 1 aliphatic heterocycles. The molecule has 3 rings (SSSR count). The van der Waals surface area contributed by atoms with Crippen LogP contribution in [-0.2, 0) is 9.59 Å². The zero-order valence-corrected chi connectivity index (χ0v) is 18.6. The van der Waals surface area contributed by atoms with Crippen LogP contribution < -0.4 is 5.32 Å². The molecule has 0 bridgehead atoms. The standard InChI is InChI=1S/C24H35ClN2O2/c1-17(2)23(26-22(28)12-7-18-5-3-4-6-18)24(29)27-15-13-20(14-16-27)19-8-10-21(25)11-9-19/h8-11,17-18,20,23H,3-7,12-16H2,1-2H3,(H,26,28). The van der Waals surface area contributed by atoms with E-state index < -0.39 is 6.04 Å². The van der Waals surface area contributed by atoms with Crippen LogP contribution in [0.25, 0.3) is 0 Å². The summed E-state index contributed by atoms with van der Waals surface area (Å²) in [6, 6.07) is 7.63. The van der Waals surface area contributed by atoms with Gasteiger partial charge in [-0.05, 0) is 54.7 Å². The van der Waals surface area contributed by atoms with Gasteiger partial charge in [0.05, 0.1) is 0 Å². The summed E-state index contributed by atoms with van der Waals surface area (Å²) >= 11 is 5.99. The first kappa shape index (κ1) is 22.1.